The van der Waals surface area contributed by atoms with Crippen LogP contribution in [0, 0.1) is 5.92 Å². The zero-order chi connectivity index (χ0) is 23.7. The normalized spacial score (nSPS) is 15.6. The number of furan rings is 1. The van der Waals surface area contributed by atoms with Crippen LogP contribution in [-0.2, 0) is 16.0 Å². The number of benzene rings is 1. The van der Waals surface area contributed by atoms with Gasteiger partial charge in [0.05, 0.1) is 12.2 Å². The number of H-pyrrole nitrogens is 1. The van der Waals surface area contributed by atoms with Crippen molar-refractivity contribution in [3.8, 4) is 17.4 Å². The van der Waals surface area contributed by atoms with Gasteiger partial charge < -0.3 is 14.6 Å². The van der Waals surface area contributed by atoms with Gasteiger partial charge in [0.1, 0.15) is 11.5 Å². The summed E-state index contributed by atoms with van der Waals surface area (Å²) in [5.41, 5.74) is 1.48. The summed E-state index contributed by atoms with van der Waals surface area (Å²) in [4.78, 5) is 46.6. The van der Waals surface area contributed by atoms with Gasteiger partial charge in [-0.1, -0.05) is 25.1 Å². The topological polar surface area (TPSA) is 126 Å². The number of anilines is 2. The van der Waals surface area contributed by atoms with Gasteiger partial charge >= 0.3 is 0 Å². The van der Waals surface area contributed by atoms with Crippen molar-refractivity contribution in [2.24, 2.45) is 5.92 Å². The van der Waals surface area contributed by atoms with Gasteiger partial charge in [0.15, 0.2) is 5.76 Å². The molecule has 1 unspecified atom stereocenters. The zero-order valence-corrected chi connectivity index (χ0v) is 18.4. The first-order valence-electron chi connectivity index (χ1n) is 10.9. The molecule has 3 aromatic heterocycles. The van der Waals surface area contributed by atoms with Crippen LogP contribution in [0.4, 0.5) is 11.5 Å². The third kappa shape index (κ3) is 4.13. The van der Waals surface area contributed by atoms with E-state index in [4.69, 9.17) is 4.42 Å². The number of aromatic amines is 1. The van der Waals surface area contributed by atoms with Gasteiger partial charge in [-0.25, -0.2) is 4.98 Å². The molecule has 1 atom stereocenters. The molecule has 34 heavy (non-hydrogen) atoms. The standard InChI is InChI=1S/C24H22N6O4/c1-2-16-12-21(31)27-24(25-16)30-20(13-18(28-30)19-9-6-10-34-19)26-23(33)15-11-22(32)29(14-15)17-7-4-3-5-8-17/h3-10,12-13,15H,2,11,14H2,1H3,(H,26,33)(H,25,27,31). The summed E-state index contributed by atoms with van der Waals surface area (Å²) >= 11 is 0. The molecule has 4 heterocycles. The van der Waals surface area contributed by atoms with Crippen molar-refractivity contribution < 1.29 is 14.0 Å². The van der Waals surface area contributed by atoms with Crippen LogP contribution in [0.5, 0.6) is 0 Å². The number of rotatable bonds is 6. The second-order valence-corrected chi connectivity index (χ2v) is 7.95. The molecular formula is C24H22N6O4. The van der Waals surface area contributed by atoms with E-state index in [0.29, 0.717) is 29.4 Å². The fourth-order valence-electron chi connectivity index (χ4n) is 3.92. The van der Waals surface area contributed by atoms with Crippen molar-refractivity contribution in [3.05, 3.63) is 76.9 Å². The van der Waals surface area contributed by atoms with E-state index in [0.717, 1.165) is 5.69 Å². The Balaban J connectivity index is 1.45. The fraction of sp³-hybridized carbons (Fsp3) is 0.208. The van der Waals surface area contributed by atoms with Gasteiger partial charge in [-0.05, 0) is 30.7 Å². The molecule has 172 valence electrons. The highest BCUT2D eigenvalue weighted by Crippen LogP contribution is 2.28. The first-order chi connectivity index (χ1) is 16.5. The van der Waals surface area contributed by atoms with E-state index >= 15 is 0 Å². The van der Waals surface area contributed by atoms with E-state index in [1.54, 1.807) is 23.1 Å². The summed E-state index contributed by atoms with van der Waals surface area (Å²) in [6.07, 6.45) is 2.18. The minimum absolute atomic E-state index is 0.0975. The lowest BCUT2D eigenvalue weighted by atomic mass is 10.1. The highest BCUT2D eigenvalue weighted by atomic mass is 16.3. The summed E-state index contributed by atoms with van der Waals surface area (Å²) in [6.45, 7) is 2.16. The molecule has 1 fully saturated rings. The smallest absolute Gasteiger partial charge is 0.252 e. The third-order valence-electron chi connectivity index (χ3n) is 5.64. The highest BCUT2D eigenvalue weighted by Gasteiger charge is 2.35. The van der Waals surface area contributed by atoms with Gasteiger partial charge in [0, 0.05) is 36.5 Å². The first-order valence-corrected chi connectivity index (χ1v) is 10.9. The lowest BCUT2D eigenvalue weighted by Crippen LogP contribution is -2.28. The van der Waals surface area contributed by atoms with E-state index in [1.807, 2.05) is 37.3 Å². The number of nitrogens with zero attached hydrogens (tertiary/aromatic N) is 4. The molecule has 0 aliphatic carbocycles. The fourth-order valence-corrected chi connectivity index (χ4v) is 3.92. The third-order valence-corrected chi connectivity index (χ3v) is 5.64. The largest absolute Gasteiger partial charge is 0.463 e. The predicted molar refractivity (Wildman–Crippen MR) is 125 cm³/mol. The molecule has 0 spiro atoms. The van der Waals surface area contributed by atoms with Crippen molar-refractivity contribution in [2.75, 3.05) is 16.8 Å². The molecule has 0 saturated carbocycles. The molecule has 0 radical (unpaired) electrons. The summed E-state index contributed by atoms with van der Waals surface area (Å²) < 4.78 is 6.81. The second-order valence-electron chi connectivity index (χ2n) is 7.95. The Hall–Kier alpha value is -4.47. The van der Waals surface area contributed by atoms with E-state index in [2.05, 4.69) is 20.4 Å². The van der Waals surface area contributed by atoms with Gasteiger partial charge in [0.25, 0.3) is 5.56 Å². The minimum Gasteiger partial charge on any atom is -0.463 e. The van der Waals surface area contributed by atoms with Crippen LogP contribution in [0.25, 0.3) is 17.4 Å². The van der Waals surface area contributed by atoms with Crippen molar-refractivity contribution >= 4 is 23.3 Å². The highest BCUT2D eigenvalue weighted by molar-refractivity contribution is 6.03. The Labute approximate surface area is 194 Å². The van der Waals surface area contributed by atoms with Crippen LogP contribution < -0.4 is 15.8 Å². The minimum atomic E-state index is -0.544. The molecule has 2 N–H and O–H groups in total. The zero-order valence-electron chi connectivity index (χ0n) is 18.4. The molecule has 2 amide bonds. The maximum atomic E-state index is 13.2. The molecule has 0 bridgehead atoms. The number of nitrogens with one attached hydrogen (secondary N) is 2. The molecule has 1 saturated heterocycles. The monoisotopic (exact) mass is 458 g/mol. The van der Waals surface area contributed by atoms with Crippen LogP contribution in [0.1, 0.15) is 19.0 Å². The van der Waals surface area contributed by atoms with Crippen molar-refractivity contribution in [2.45, 2.75) is 19.8 Å². The molecule has 1 aliphatic rings. The predicted octanol–water partition coefficient (Wildman–Crippen LogP) is 2.77. The van der Waals surface area contributed by atoms with Crippen LogP contribution in [-0.4, -0.2) is 38.1 Å². The van der Waals surface area contributed by atoms with E-state index < -0.39 is 5.92 Å². The summed E-state index contributed by atoms with van der Waals surface area (Å²) in [5.74, 6) is -0.0124. The van der Waals surface area contributed by atoms with Gasteiger partial charge in [0.2, 0.25) is 17.8 Å². The average molecular weight is 458 g/mol. The van der Waals surface area contributed by atoms with Crippen LogP contribution in [0.15, 0.2) is 70.1 Å². The molecule has 10 heteroatoms. The molecule has 4 aromatic rings. The van der Waals surface area contributed by atoms with Gasteiger partial charge in [-0.15, -0.1) is 0 Å². The molecule has 1 aromatic carbocycles. The maximum Gasteiger partial charge on any atom is 0.252 e. The lowest BCUT2D eigenvalue weighted by Gasteiger charge is -2.16. The van der Waals surface area contributed by atoms with E-state index in [9.17, 15) is 14.4 Å². The Morgan fingerprint density at radius 2 is 2.00 bits per heavy atom. The van der Waals surface area contributed by atoms with E-state index in [-0.39, 0.29) is 36.3 Å². The quantitative estimate of drug-likeness (QED) is 0.458. The molecule has 5 rings (SSSR count). The summed E-state index contributed by atoms with van der Waals surface area (Å²) in [7, 11) is 0. The number of amides is 2. The number of carbonyl (C=O) groups is 2. The number of para-hydroxylation sites is 1. The SMILES string of the molecule is CCc1cc(=O)[nH]c(-n2nc(-c3ccco3)cc2NC(=O)C2CC(=O)N(c3ccccc3)C2)n1. The molecule has 10 nitrogen and oxygen atoms in total. The molecular weight excluding hydrogens is 436 g/mol. The Kier molecular flexibility index (Phi) is 5.54. The number of aryl methyl sites for hydroxylation is 1. The Bertz CT molecular complexity index is 1390. The Morgan fingerprint density at radius 3 is 2.74 bits per heavy atom. The summed E-state index contributed by atoms with van der Waals surface area (Å²) in [5, 5.41) is 7.36. The van der Waals surface area contributed by atoms with Crippen LogP contribution in [0.2, 0.25) is 0 Å². The van der Waals surface area contributed by atoms with Crippen molar-refractivity contribution in [1.82, 2.24) is 19.7 Å². The number of hydrogen-bond acceptors (Lipinski definition) is 6. The van der Waals surface area contributed by atoms with Crippen LogP contribution >= 0.6 is 0 Å². The number of hydrogen-bond donors (Lipinski definition) is 2. The molecule has 1 aliphatic heterocycles. The number of aromatic nitrogens is 4. The van der Waals surface area contributed by atoms with Crippen molar-refractivity contribution in [3.63, 3.8) is 0 Å². The van der Waals surface area contributed by atoms with Gasteiger partial charge in [-0.2, -0.15) is 9.78 Å². The Morgan fingerprint density at radius 1 is 1.18 bits per heavy atom. The van der Waals surface area contributed by atoms with Crippen LogP contribution in [0.3, 0.4) is 0 Å². The van der Waals surface area contributed by atoms with Gasteiger partial charge in [-0.3, -0.25) is 19.4 Å². The summed E-state index contributed by atoms with van der Waals surface area (Å²) in [6, 6.07) is 15.8. The first kappa shape index (κ1) is 21.4. The lowest BCUT2D eigenvalue weighted by molar-refractivity contribution is -0.122. The van der Waals surface area contributed by atoms with Crippen molar-refractivity contribution in [1.29, 1.82) is 0 Å². The second kappa shape index (κ2) is 8.81. The number of carbonyl (C=O) groups excluding carboxylic acids is 2. The average Bonchev–Trinajstić information content (AvgIpc) is 3.59. The van der Waals surface area contributed by atoms with E-state index in [1.165, 1.54) is 17.0 Å². The maximum absolute atomic E-state index is 13.2.